The number of aryl methyl sites for hydroxylation is 1. The molecule has 1 aliphatic heterocycles. The molecule has 7 heteroatoms. The molecule has 0 bridgehead atoms. The monoisotopic (exact) mass is 366 g/mol. The smallest absolute Gasteiger partial charge is 0.238 e. The SMILES string of the molecule is NC[C@@H]1CN(C(=O)CCc2nc(-c3ccco3)no2)C[C@H]1c1ccccc1. The number of aromatic nitrogens is 2. The van der Waals surface area contributed by atoms with E-state index in [-0.39, 0.29) is 17.7 Å². The summed E-state index contributed by atoms with van der Waals surface area (Å²) in [5.74, 6) is 2.04. The van der Waals surface area contributed by atoms with Crippen LogP contribution >= 0.6 is 0 Å². The van der Waals surface area contributed by atoms with Crippen molar-refractivity contribution in [3.8, 4) is 11.6 Å². The standard InChI is InChI=1S/C20H22N4O3/c21-11-15-12-24(13-16(15)14-5-2-1-3-6-14)19(25)9-8-18-22-20(23-27-18)17-7-4-10-26-17/h1-7,10,15-16H,8-9,11-13,21H2/t15-,16+/m1/s1. The van der Waals surface area contributed by atoms with Gasteiger partial charge in [-0.3, -0.25) is 4.79 Å². The number of likely N-dealkylation sites (tertiary alicyclic amines) is 1. The first-order valence-electron chi connectivity index (χ1n) is 9.14. The minimum atomic E-state index is 0.0876. The van der Waals surface area contributed by atoms with Crippen molar-refractivity contribution in [3.05, 3.63) is 60.2 Å². The van der Waals surface area contributed by atoms with E-state index in [1.165, 1.54) is 5.56 Å². The highest BCUT2D eigenvalue weighted by Crippen LogP contribution is 2.32. The van der Waals surface area contributed by atoms with Gasteiger partial charge in [-0.15, -0.1) is 0 Å². The molecule has 4 rings (SSSR count). The number of nitrogens with two attached hydrogens (primary N) is 1. The molecule has 2 N–H and O–H groups in total. The molecular weight excluding hydrogens is 344 g/mol. The summed E-state index contributed by atoms with van der Waals surface area (Å²) >= 11 is 0. The summed E-state index contributed by atoms with van der Waals surface area (Å²) in [6, 6.07) is 13.8. The number of benzene rings is 1. The molecular formula is C20H22N4O3. The van der Waals surface area contributed by atoms with Crippen molar-refractivity contribution >= 4 is 5.91 Å². The first-order chi connectivity index (χ1) is 13.2. The summed E-state index contributed by atoms with van der Waals surface area (Å²) < 4.78 is 10.5. The molecule has 2 aromatic heterocycles. The van der Waals surface area contributed by atoms with Crippen molar-refractivity contribution in [1.29, 1.82) is 0 Å². The van der Waals surface area contributed by atoms with Crippen LogP contribution in [-0.2, 0) is 11.2 Å². The lowest BCUT2D eigenvalue weighted by atomic mass is 9.89. The van der Waals surface area contributed by atoms with Crippen LogP contribution in [0.2, 0.25) is 0 Å². The van der Waals surface area contributed by atoms with Gasteiger partial charge in [0.2, 0.25) is 17.6 Å². The predicted octanol–water partition coefficient (Wildman–Crippen LogP) is 2.46. The molecule has 27 heavy (non-hydrogen) atoms. The van der Waals surface area contributed by atoms with Crippen molar-refractivity contribution in [1.82, 2.24) is 15.0 Å². The highest BCUT2D eigenvalue weighted by Gasteiger charge is 2.35. The van der Waals surface area contributed by atoms with Crippen molar-refractivity contribution in [2.24, 2.45) is 11.7 Å². The molecule has 2 atom stereocenters. The molecule has 3 aromatic rings. The van der Waals surface area contributed by atoms with Gasteiger partial charge in [0.05, 0.1) is 6.26 Å². The van der Waals surface area contributed by atoms with Crippen molar-refractivity contribution in [2.75, 3.05) is 19.6 Å². The van der Waals surface area contributed by atoms with Crippen LogP contribution in [0.4, 0.5) is 0 Å². The van der Waals surface area contributed by atoms with Gasteiger partial charge in [0.25, 0.3) is 0 Å². The lowest BCUT2D eigenvalue weighted by Gasteiger charge is -2.16. The third-order valence-electron chi connectivity index (χ3n) is 5.09. The van der Waals surface area contributed by atoms with E-state index in [9.17, 15) is 4.79 Å². The number of carbonyl (C=O) groups is 1. The summed E-state index contributed by atoms with van der Waals surface area (Å²) in [5, 5.41) is 3.89. The summed E-state index contributed by atoms with van der Waals surface area (Å²) in [4.78, 5) is 18.9. The normalized spacial score (nSPS) is 19.5. The van der Waals surface area contributed by atoms with Crippen LogP contribution in [0.25, 0.3) is 11.6 Å². The molecule has 140 valence electrons. The fourth-order valence-electron chi connectivity index (χ4n) is 3.63. The van der Waals surface area contributed by atoms with Crippen molar-refractivity contribution in [3.63, 3.8) is 0 Å². The molecule has 1 fully saturated rings. The van der Waals surface area contributed by atoms with Gasteiger partial charge in [-0.2, -0.15) is 4.98 Å². The number of nitrogens with zero attached hydrogens (tertiary/aromatic N) is 3. The lowest BCUT2D eigenvalue weighted by Crippen LogP contribution is -2.30. The fourth-order valence-corrected chi connectivity index (χ4v) is 3.63. The Bertz CT molecular complexity index is 876. The van der Waals surface area contributed by atoms with Crippen LogP contribution in [0, 0.1) is 5.92 Å². The van der Waals surface area contributed by atoms with Gasteiger partial charge in [-0.05, 0) is 30.2 Å². The molecule has 1 aliphatic rings. The number of hydrogen-bond donors (Lipinski definition) is 1. The first-order valence-corrected chi connectivity index (χ1v) is 9.14. The van der Waals surface area contributed by atoms with Gasteiger partial charge >= 0.3 is 0 Å². The molecule has 1 aromatic carbocycles. The van der Waals surface area contributed by atoms with E-state index in [1.54, 1.807) is 18.4 Å². The maximum Gasteiger partial charge on any atom is 0.238 e. The Morgan fingerprint density at radius 3 is 2.78 bits per heavy atom. The van der Waals surface area contributed by atoms with E-state index in [2.05, 4.69) is 22.3 Å². The average molecular weight is 366 g/mol. The Hall–Kier alpha value is -2.93. The van der Waals surface area contributed by atoms with Crippen LogP contribution in [0.5, 0.6) is 0 Å². The molecule has 3 heterocycles. The maximum atomic E-state index is 12.7. The third kappa shape index (κ3) is 3.78. The average Bonchev–Trinajstić information content (AvgIpc) is 3.46. The summed E-state index contributed by atoms with van der Waals surface area (Å²) in [5.41, 5.74) is 7.20. The second kappa shape index (κ2) is 7.75. The zero-order valence-electron chi connectivity index (χ0n) is 15.0. The number of carbonyl (C=O) groups excluding carboxylic acids is 1. The fraction of sp³-hybridized carbons (Fsp3) is 0.350. The summed E-state index contributed by atoms with van der Waals surface area (Å²) in [7, 11) is 0. The number of rotatable bonds is 6. The lowest BCUT2D eigenvalue weighted by molar-refractivity contribution is -0.130. The van der Waals surface area contributed by atoms with Gasteiger partial charge in [-0.1, -0.05) is 35.5 Å². The maximum absolute atomic E-state index is 12.7. The van der Waals surface area contributed by atoms with Crippen LogP contribution in [0.15, 0.2) is 57.7 Å². The van der Waals surface area contributed by atoms with E-state index >= 15 is 0 Å². The van der Waals surface area contributed by atoms with Gasteiger partial charge in [0.1, 0.15) is 0 Å². The third-order valence-corrected chi connectivity index (χ3v) is 5.09. The largest absolute Gasteiger partial charge is 0.461 e. The van der Waals surface area contributed by atoms with E-state index in [4.69, 9.17) is 14.7 Å². The molecule has 7 nitrogen and oxygen atoms in total. The number of amides is 1. The minimum absolute atomic E-state index is 0.0876. The topological polar surface area (TPSA) is 98.4 Å². The number of furan rings is 1. The van der Waals surface area contributed by atoms with Crippen LogP contribution in [0.1, 0.15) is 23.8 Å². The number of hydrogen-bond acceptors (Lipinski definition) is 6. The van der Waals surface area contributed by atoms with Crippen molar-refractivity contribution in [2.45, 2.75) is 18.8 Å². The Labute approximate surface area is 157 Å². The minimum Gasteiger partial charge on any atom is -0.461 e. The Kier molecular flexibility index (Phi) is 5.02. The Balaban J connectivity index is 1.36. The van der Waals surface area contributed by atoms with Gasteiger partial charge in [-0.25, -0.2) is 0 Å². The van der Waals surface area contributed by atoms with Crippen LogP contribution in [-0.4, -0.2) is 40.6 Å². The Morgan fingerprint density at radius 2 is 2.04 bits per heavy atom. The first kappa shape index (κ1) is 17.5. The molecule has 0 radical (unpaired) electrons. The van der Waals surface area contributed by atoms with E-state index in [1.807, 2.05) is 23.1 Å². The molecule has 1 amide bonds. The zero-order valence-corrected chi connectivity index (χ0v) is 15.0. The second-order valence-electron chi connectivity index (χ2n) is 6.80. The molecule has 0 spiro atoms. The molecule has 0 unspecified atom stereocenters. The van der Waals surface area contributed by atoms with E-state index in [0.717, 1.165) is 0 Å². The molecule has 0 aliphatic carbocycles. The quantitative estimate of drug-likeness (QED) is 0.719. The van der Waals surface area contributed by atoms with Crippen LogP contribution in [0.3, 0.4) is 0 Å². The molecule has 0 saturated carbocycles. The van der Waals surface area contributed by atoms with Crippen molar-refractivity contribution < 1.29 is 13.7 Å². The summed E-state index contributed by atoms with van der Waals surface area (Å²) in [6.07, 6.45) is 2.30. The van der Waals surface area contributed by atoms with Gasteiger partial charge < -0.3 is 19.6 Å². The second-order valence-corrected chi connectivity index (χ2v) is 6.80. The highest BCUT2D eigenvalue weighted by atomic mass is 16.5. The van der Waals surface area contributed by atoms with Gasteiger partial charge in [0, 0.05) is 31.8 Å². The zero-order chi connectivity index (χ0) is 18.6. The van der Waals surface area contributed by atoms with E-state index < -0.39 is 0 Å². The van der Waals surface area contributed by atoms with Crippen LogP contribution < -0.4 is 5.73 Å². The van der Waals surface area contributed by atoms with E-state index in [0.29, 0.717) is 50.0 Å². The predicted molar refractivity (Wildman–Crippen MR) is 98.6 cm³/mol. The Morgan fingerprint density at radius 1 is 1.19 bits per heavy atom. The highest BCUT2D eigenvalue weighted by molar-refractivity contribution is 5.76. The van der Waals surface area contributed by atoms with Gasteiger partial charge in [0.15, 0.2) is 5.76 Å². The molecule has 1 saturated heterocycles. The summed E-state index contributed by atoms with van der Waals surface area (Å²) in [6.45, 7) is 1.96.